The van der Waals surface area contributed by atoms with Crippen LogP contribution in [0.25, 0.3) is 17.0 Å². The fourth-order valence-electron chi connectivity index (χ4n) is 2.68. The highest BCUT2D eigenvalue weighted by molar-refractivity contribution is 5.96. The number of aromatic nitrogens is 1. The van der Waals surface area contributed by atoms with Crippen LogP contribution in [0, 0.1) is 20.2 Å². The molecule has 0 fully saturated rings. The Bertz CT molecular complexity index is 1190. The van der Waals surface area contributed by atoms with Crippen LogP contribution in [0.1, 0.15) is 17.3 Å². The normalized spacial score (nSPS) is 11.8. The number of hydrogen-bond donors (Lipinski definition) is 2. The highest BCUT2D eigenvalue weighted by Gasteiger charge is 2.20. The lowest BCUT2D eigenvalue weighted by molar-refractivity contribution is -0.394. The number of hydrogen-bond acceptors (Lipinski definition) is 8. The Morgan fingerprint density at radius 2 is 1.47 bits per heavy atom. The number of benzene rings is 2. The molecule has 1 aromatic heterocycles. The van der Waals surface area contributed by atoms with E-state index in [1.54, 1.807) is 24.3 Å². The van der Waals surface area contributed by atoms with Crippen molar-refractivity contribution in [2.75, 3.05) is 0 Å². The van der Waals surface area contributed by atoms with Crippen LogP contribution in [0.3, 0.4) is 0 Å². The fourth-order valence-corrected chi connectivity index (χ4v) is 2.68. The first-order valence-electron chi connectivity index (χ1n) is 8.28. The topological polar surface area (TPSA) is 173 Å². The number of allylic oxidation sites excluding steroid dienone is 1. The smallest absolute Gasteiger partial charge is 0.295 e. The van der Waals surface area contributed by atoms with Gasteiger partial charge in [-0.25, -0.2) is 0 Å². The van der Waals surface area contributed by atoms with E-state index in [2.05, 4.69) is 10.2 Å². The molecular formula is C18H13N5O7. The zero-order valence-electron chi connectivity index (χ0n) is 15.3. The standard InChI is InChI=1S/C18H13N5O7/c1-10(9-21-17(25)14-4-2-3-5-15(14)18(21)26)19-20-16(24)11-6-12(22(27)28)8-13(7-11)23(29)30/h2-9,25-26H,1H3. The number of non-ortho nitro benzene ring substituents is 2. The number of amides is 1. The summed E-state index contributed by atoms with van der Waals surface area (Å²) in [4.78, 5) is 32.3. The molecule has 0 spiro atoms. The van der Waals surface area contributed by atoms with Gasteiger partial charge in [-0.15, -0.1) is 5.11 Å². The monoisotopic (exact) mass is 411 g/mol. The summed E-state index contributed by atoms with van der Waals surface area (Å²) in [6.45, 7) is 1.43. The summed E-state index contributed by atoms with van der Waals surface area (Å²) in [6.07, 6.45) is 1.22. The number of carbonyl (C=O) groups excluding carboxylic acids is 1. The van der Waals surface area contributed by atoms with Gasteiger partial charge in [-0.2, -0.15) is 5.11 Å². The van der Waals surface area contributed by atoms with Gasteiger partial charge in [-0.3, -0.25) is 29.6 Å². The molecule has 3 aromatic rings. The van der Waals surface area contributed by atoms with Crippen molar-refractivity contribution in [2.24, 2.45) is 10.2 Å². The summed E-state index contributed by atoms with van der Waals surface area (Å²) >= 11 is 0. The highest BCUT2D eigenvalue weighted by Crippen LogP contribution is 2.36. The van der Waals surface area contributed by atoms with E-state index >= 15 is 0 Å². The van der Waals surface area contributed by atoms with Gasteiger partial charge >= 0.3 is 0 Å². The zero-order valence-corrected chi connectivity index (χ0v) is 15.3. The molecule has 12 heteroatoms. The third-order valence-corrected chi connectivity index (χ3v) is 4.05. The minimum absolute atomic E-state index is 0.0918. The first-order valence-corrected chi connectivity index (χ1v) is 8.28. The molecule has 0 unspecified atom stereocenters. The van der Waals surface area contributed by atoms with Crippen molar-refractivity contribution in [3.63, 3.8) is 0 Å². The van der Waals surface area contributed by atoms with Crippen LogP contribution in [-0.2, 0) is 0 Å². The molecule has 152 valence electrons. The minimum Gasteiger partial charge on any atom is -0.494 e. The van der Waals surface area contributed by atoms with Crippen LogP contribution in [0.4, 0.5) is 11.4 Å². The lowest BCUT2D eigenvalue weighted by Crippen LogP contribution is -1.99. The maximum Gasteiger partial charge on any atom is 0.295 e. The van der Waals surface area contributed by atoms with Crippen LogP contribution in [-0.4, -0.2) is 30.5 Å². The molecule has 0 aliphatic heterocycles. The van der Waals surface area contributed by atoms with Crippen molar-refractivity contribution >= 4 is 34.3 Å². The SMILES string of the molecule is CC(=Cn1c(O)c2ccccc2c1O)N=NC(=O)c1cc([N+](=O)[O-])cc([N+](=O)[O-])c1. The molecule has 3 rings (SSSR count). The second-order valence-corrected chi connectivity index (χ2v) is 6.09. The molecule has 2 N–H and O–H groups in total. The summed E-state index contributed by atoms with van der Waals surface area (Å²) in [7, 11) is 0. The number of nitro benzene ring substituents is 2. The van der Waals surface area contributed by atoms with E-state index < -0.39 is 27.1 Å². The van der Waals surface area contributed by atoms with E-state index in [9.17, 15) is 35.2 Å². The van der Waals surface area contributed by atoms with Gasteiger partial charge in [0.15, 0.2) is 0 Å². The molecule has 0 bridgehead atoms. The molecule has 0 radical (unpaired) electrons. The summed E-state index contributed by atoms with van der Waals surface area (Å²) in [5, 5.41) is 50.1. The Morgan fingerprint density at radius 3 is 1.93 bits per heavy atom. The predicted octanol–water partition coefficient (Wildman–Crippen LogP) is 3.98. The predicted molar refractivity (Wildman–Crippen MR) is 104 cm³/mol. The van der Waals surface area contributed by atoms with Crippen molar-refractivity contribution in [2.45, 2.75) is 6.92 Å². The van der Waals surface area contributed by atoms with E-state index in [0.717, 1.165) is 22.8 Å². The van der Waals surface area contributed by atoms with Crippen molar-refractivity contribution in [1.29, 1.82) is 0 Å². The van der Waals surface area contributed by atoms with Crippen molar-refractivity contribution in [3.8, 4) is 11.8 Å². The van der Waals surface area contributed by atoms with Gasteiger partial charge in [-0.1, -0.05) is 12.1 Å². The molecule has 12 nitrogen and oxygen atoms in total. The van der Waals surface area contributed by atoms with E-state index in [4.69, 9.17) is 0 Å². The highest BCUT2D eigenvalue weighted by atomic mass is 16.6. The average Bonchev–Trinajstić information content (AvgIpc) is 2.96. The first-order chi connectivity index (χ1) is 14.2. The van der Waals surface area contributed by atoms with Gasteiger partial charge in [0.1, 0.15) is 0 Å². The molecular weight excluding hydrogens is 398 g/mol. The lowest BCUT2D eigenvalue weighted by Gasteiger charge is -2.00. The molecule has 1 amide bonds. The number of nitro groups is 2. The average molecular weight is 411 g/mol. The maximum absolute atomic E-state index is 12.2. The number of azo groups is 1. The summed E-state index contributed by atoms with van der Waals surface area (Å²) in [6, 6.07) is 8.99. The van der Waals surface area contributed by atoms with Gasteiger partial charge in [0.25, 0.3) is 17.3 Å². The summed E-state index contributed by atoms with van der Waals surface area (Å²) in [5.74, 6) is -1.54. The van der Waals surface area contributed by atoms with Gasteiger partial charge < -0.3 is 10.2 Å². The van der Waals surface area contributed by atoms with Crippen molar-refractivity contribution < 1.29 is 24.9 Å². The number of carbonyl (C=O) groups is 1. The molecule has 30 heavy (non-hydrogen) atoms. The summed E-state index contributed by atoms with van der Waals surface area (Å²) < 4.78 is 1.04. The van der Waals surface area contributed by atoms with E-state index in [1.807, 2.05) is 0 Å². The first kappa shape index (κ1) is 20.1. The molecule has 0 saturated heterocycles. The molecule has 2 aromatic carbocycles. The van der Waals surface area contributed by atoms with Crippen LogP contribution >= 0.6 is 0 Å². The van der Waals surface area contributed by atoms with Crippen LogP contribution in [0.5, 0.6) is 11.8 Å². The minimum atomic E-state index is -1.04. The van der Waals surface area contributed by atoms with Crippen molar-refractivity contribution in [1.82, 2.24) is 4.57 Å². The second kappa shape index (κ2) is 7.79. The van der Waals surface area contributed by atoms with Crippen molar-refractivity contribution in [3.05, 3.63) is 74.0 Å². The number of fused-ring (bicyclic) bond motifs is 1. The Hall–Kier alpha value is -4.61. The van der Waals surface area contributed by atoms with Gasteiger partial charge in [-0.05, 0) is 19.1 Å². The quantitative estimate of drug-likeness (QED) is 0.362. The third-order valence-electron chi connectivity index (χ3n) is 4.05. The lowest BCUT2D eigenvalue weighted by atomic mass is 10.1. The second-order valence-electron chi connectivity index (χ2n) is 6.09. The largest absolute Gasteiger partial charge is 0.494 e. The Balaban J connectivity index is 1.92. The fraction of sp³-hybridized carbons (Fsp3) is 0.0556. The van der Waals surface area contributed by atoms with E-state index in [0.29, 0.717) is 10.8 Å². The molecule has 0 atom stereocenters. The Kier molecular flexibility index (Phi) is 5.23. The van der Waals surface area contributed by atoms with Crippen LogP contribution in [0.2, 0.25) is 0 Å². The maximum atomic E-state index is 12.2. The van der Waals surface area contributed by atoms with Gasteiger partial charge in [0.05, 0.1) is 27.2 Å². The summed E-state index contributed by atoms with van der Waals surface area (Å²) in [5.41, 5.74) is -1.56. The third kappa shape index (κ3) is 3.82. The molecule has 0 saturated carbocycles. The Labute approximate surface area is 167 Å². The number of rotatable bonds is 5. The zero-order chi connectivity index (χ0) is 22.0. The molecule has 1 heterocycles. The van der Waals surface area contributed by atoms with Gasteiger partial charge in [0.2, 0.25) is 11.8 Å². The Morgan fingerprint density at radius 1 is 0.967 bits per heavy atom. The number of aromatic hydroxyl groups is 2. The molecule has 0 aliphatic carbocycles. The van der Waals surface area contributed by atoms with Crippen LogP contribution < -0.4 is 0 Å². The van der Waals surface area contributed by atoms with E-state index in [-0.39, 0.29) is 23.0 Å². The number of nitrogens with zero attached hydrogens (tertiary/aromatic N) is 5. The van der Waals surface area contributed by atoms with Gasteiger partial charge in [0, 0.05) is 29.1 Å². The van der Waals surface area contributed by atoms with Crippen LogP contribution in [0.15, 0.2) is 58.4 Å². The molecule has 0 aliphatic rings. The van der Waals surface area contributed by atoms with E-state index in [1.165, 1.54) is 13.1 Å².